The second-order valence-corrected chi connectivity index (χ2v) is 4.40. The number of furan rings is 1. The van der Waals surface area contributed by atoms with Crippen molar-refractivity contribution < 1.29 is 9.52 Å². The largest absolute Gasteiger partial charge is 0.463 e. The smallest absolute Gasteiger partial charge is 0.175 e. The summed E-state index contributed by atoms with van der Waals surface area (Å²) >= 11 is 0. The molecule has 3 heterocycles. The molecule has 0 aliphatic rings. The minimum Gasteiger partial charge on any atom is -0.463 e. The third-order valence-corrected chi connectivity index (χ3v) is 2.99. The zero-order valence-corrected chi connectivity index (χ0v) is 11.2. The summed E-state index contributed by atoms with van der Waals surface area (Å²) < 4.78 is 6.85. The van der Waals surface area contributed by atoms with Crippen molar-refractivity contribution in [1.82, 2.24) is 14.6 Å². The topological polar surface area (TPSA) is 99.4 Å². The molecular formula is C14H13N5O2. The fraction of sp³-hybridized carbons (Fsp3) is 0.214. The Hall–Kier alpha value is -2.85. The number of aromatic nitrogens is 3. The number of aliphatic hydroxyl groups is 1. The van der Waals surface area contributed by atoms with Gasteiger partial charge >= 0.3 is 0 Å². The van der Waals surface area contributed by atoms with E-state index in [9.17, 15) is 5.26 Å². The summed E-state index contributed by atoms with van der Waals surface area (Å²) in [4.78, 5) is 4.39. The zero-order valence-electron chi connectivity index (χ0n) is 11.2. The van der Waals surface area contributed by atoms with Crippen LogP contribution >= 0.6 is 0 Å². The number of nitrogens with zero attached hydrogens (tertiary/aromatic N) is 4. The van der Waals surface area contributed by atoms with Crippen LogP contribution in [-0.4, -0.2) is 32.9 Å². The fourth-order valence-corrected chi connectivity index (χ4v) is 2.01. The van der Waals surface area contributed by atoms with Gasteiger partial charge in [0.05, 0.1) is 6.26 Å². The van der Waals surface area contributed by atoms with E-state index in [1.54, 1.807) is 28.9 Å². The summed E-state index contributed by atoms with van der Waals surface area (Å²) in [6, 6.07) is 7.39. The van der Waals surface area contributed by atoms with Gasteiger partial charge in [0.15, 0.2) is 11.4 Å². The van der Waals surface area contributed by atoms with E-state index in [1.807, 2.05) is 0 Å². The number of aliphatic hydroxyl groups excluding tert-OH is 1. The molecule has 0 fully saturated rings. The maximum absolute atomic E-state index is 9.37. The third kappa shape index (κ3) is 2.44. The SMILES string of the molecule is N#Cc1c(-c2ccco2)nn2ccc(NCCCO)nc12. The normalized spacial score (nSPS) is 10.7. The lowest BCUT2D eigenvalue weighted by Gasteiger charge is -2.03. The van der Waals surface area contributed by atoms with Gasteiger partial charge in [-0.2, -0.15) is 10.4 Å². The first-order valence-corrected chi connectivity index (χ1v) is 6.51. The van der Waals surface area contributed by atoms with Gasteiger partial charge in [-0.25, -0.2) is 9.50 Å². The molecule has 21 heavy (non-hydrogen) atoms. The Morgan fingerprint density at radius 1 is 1.43 bits per heavy atom. The molecule has 0 aliphatic carbocycles. The summed E-state index contributed by atoms with van der Waals surface area (Å²) in [5, 5.41) is 25.6. The molecule has 106 valence electrons. The monoisotopic (exact) mass is 283 g/mol. The minimum atomic E-state index is 0.119. The Balaban J connectivity index is 2.03. The Morgan fingerprint density at radius 3 is 3.05 bits per heavy atom. The van der Waals surface area contributed by atoms with Crippen LogP contribution in [0.15, 0.2) is 35.1 Å². The molecule has 0 saturated carbocycles. The molecule has 0 spiro atoms. The first-order valence-electron chi connectivity index (χ1n) is 6.51. The van der Waals surface area contributed by atoms with Crippen molar-refractivity contribution >= 4 is 11.5 Å². The molecule has 3 aromatic heterocycles. The van der Waals surface area contributed by atoms with E-state index in [1.165, 1.54) is 6.26 Å². The molecular weight excluding hydrogens is 270 g/mol. The average molecular weight is 283 g/mol. The average Bonchev–Trinajstić information content (AvgIpc) is 3.14. The number of nitriles is 1. The number of hydrogen-bond acceptors (Lipinski definition) is 6. The first-order chi connectivity index (χ1) is 10.3. The fourth-order valence-electron chi connectivity index (χ4n) is 2.01. The lowest BCUT2D eigenvalue weighted by atomic mass is 10.2. The summed E-state index contributed by atoms with van der Waals surface area (Å²) in [7, 11) is 0. The van der Waals surface area contributed by atoms with E-state index in [-0.39, 0.29) is 6.61 Å². The van der Waals surface area contributed by atoms with Gasteiger partial charge in [0.1, 0.15) is 23.1 Å². The molecule has 2 N–H and O–H groups in total. The van der Waals surface area contributed by atoms with Crippen molar-refractivity contribution in [2.24, 2.45) is 0 Å². The molecule has 0 atom stereocenters. The van der Waals surface area contributed by atoms with E-state index < -0.39 is 0 Å². The van der Waals surface area contributed by atoms with Crippen molar-refractivity contribution in [3.8, 4) is 17.5 Å². The predicted molar refractivity (Wildman–Crippen MR) is 75.6 cm³/mol. The standard InChI is InChI=1S/C14H13N5O2/c15-9-10-13(11-3-1-8-21-11)18-19-6-4-12(17-14(10)19)16-5-2-7-20/h1,3-4,6,8,20H,2,5,7H2,(H,16,17). The van der Waals surface area contributed by atoms with Crippen molar-refractivity contribution in [2.75, 3.05) is 18.5 Å². The third-order valence-electron chi connectivity index (χ3n) is 2.99. The molecule has 3 rings (SSSR count). The van der Waals surface area contributed by atoms with Crippen LogP contribution in [0.1, 0.15) is 12.0 Å². The highest BCUT2D eigenvalue weighted by molar-refractivity contribution is 5.72. The van der Waals surface area contributed by atoms with Crippen molar-refractivity contribution in [2.45, 2.75) is 6.42 Å². The molecule has 0 aliphatic heterocycles. The summed E-state index contributed by atoms with van der Waals surface area (Å²) in [5.41, 5.74) is 1.32. The molecule has 0 saturated heterocycles. The van der Waals surface area contributed by atoms with E-state index in [0.29, 0.717) is 41.4 Å². The van der Waals surface area contributed by atoms with E-state index >= 15 is 0 Å². The Morgan fingerprint density at radius 2 is 2.33 bits per heavy atom. The molecule has 0 unspecified atom stereocenters. The van der Waals surface area contributed by atoms with Gasteiger partial charge in [0.25, 0.3) is 0 Å². The lowest BCUT2D eigenvalue weighted by Crippen LogP contribution is -2.05. The summed E-state index contributed by atoms with van der Waals surface area (Å²) in [5.74, 6) is 1.17. The number of hydrogen-bond donors (Lipinski definition) is 2. The molecule has 7 heteroatoms. The van der Waals surface area contributed by atoms with Crippen molar-refractivity contribution in [3.05, 3.63) is 36.2 Å². The van der Waals surface area contributed by atoms with Gasteiger partial charge in [0, 0.05) is 19.3 Å². The van der Waals surface area contributed by atoms with Crippen LogP contribution in [0.5, 0.6) is 0 Å². The highest BCUT2D eigenvalue weighted by atomic mass is 16.3. The Kier molecular flexibility index (Phi) is 3.53. The van der Waals surface area contributed by atoms with Crippen LogP contribution in [0.25, 0.3) is 17.1 Å². The quantitative estimate of drug-likeness (QED) is 0.691. The second-order valence-electron chi connectivity index (χ2n) is 4.40. The van der Waals surface area contributed by atoms with Gasteiger partial charge in [0.2, 0.25) is 0 Å². The van der Waals surface area contributed by atoms with Crippen LogP contribution in [0.2, 0.25) is 0 Å². The molecule has 0 amide bonds. The van der Waals surface area contributed by atoms with Crippen LogP contribution in [0.4, 0.5) is 5.82 Å². The maximum atomic E-state index is 9.37. The van der Waals surface area contributed by atoms with E-state index in [4.69, 9.17) is 9.52 Å². The molecule has 7 nitrogen and oxygen atoms in total. The summed E-state index contributed by atoms with van der Waals surface area (Å²) in [6.07, 6.45) is 3.90. The Bertz CT molecular complexity index is 786. The Labute approximate surface area is 120 Å². The lowest BCUT2D eigenvalue weighted by molar-refractivity contribution is 0.292. The number of anilines is 1. The van der Waals surface area contributed by atoms with Gasteiger partial charge in [-0.05, 0) is 24.6 Å². The predicted octanol–water partition coefficient (Wildman–Crippen LogP) is 1.66. The van der Waals surface area contributed by atoms with Gasteiger partial charge in [-0.15, -0.1) is 0 Å². The van der Waals surface area contributed by atoms with Crippen LogP contribution in [-0.2, 0) is 0 Å². The molecule has 0 radical (unpaired) electrons. The zero-order chi connectivity index (χ0) is 14.7. The molecule has 0 aromatic carbocycles. The van der Waals surface area contributed by atoms with Crippen LogP contribution < -0.4 is 5.32 Å². The van der Waals surface area contributed by atoms with Crippen LogP contribution in [0, 0.1) is 11.3 Å². The van der Waals surface area contributed by atoms with Crippen molar-refractivity contribution in [1.29, 1.82) is 5.26 Å². The minimum absolute atomic E-state index is 0.119. The van der Waals surface area contributed by atoms with E-state index in [0.717, 1.165) is 0 Å². The second kappa shape index (κ2) is 5.64. The first kappa shape index (κ1) is 13.1. The molecule has 0 bridgehead atoms. The van der Waals surface area contributed by atoms with Gasteiger partial charge < -0.3 is 14.8 Å². The highest BCUT2D eigenvalue weighted by Gasteiger charge is 2.17. The summed E-state index contributed by atoms with van der Waals surface area (Å²) in [6.45, 7) is 0.731. The number of nitrogens with one attached hydrogen (secondary N) is 1. The maximum Gasteiger partial charge on any atom is 0.175 e. The molecule has 3 aromatic rings. The van der Waals surface area contributed by atoms with E-state index in [2.05, 4.69) is 21.5 Å². The number of rotatable bonds is 5. The van der Waals surface area contributed by atoms with Gasteiger partial charge in [-0.3, -0.25) is 0 Å². The van der Waals surface area contributed by atoms with Gasteiger partial charge in [-0.1, -0.05) is 0 Å². The van der Waals surface area contributed by atoms with Crippen molar-refractivity contribution in [3.63, 3.8) is 0 Å². The number of fused-ring (bicyclic) bond motifs is 1. The van der Waals surface area contributed by atoms with Crippen LogP contribution in [0.3, 0.4) is 0 Å². The highest BCUT2D eigenvalue weighted by Crippen LogP contribution is 2.25.